The summed E-state index contributed by atoms with van der Waals surface area (Å²) in [4.78, 5) is 55.5. The van der Waals surface area contributed by atoms with E-state index >= 15 is 0 Å². The number of nitrogens with one attached hydrogen (secondary N) is 1. The first-order valence-electron chi connectivity index (χ1n) is 16.4. The zero-order valence-corrected chi connectivity index (χ0v) is 31.0. The summed E-state index contributed by atoms with van der Waals surface area (Å²) in [7, 11) is 4.58. The van der Waals surface area contributed by atoms with Crippen LogP contribution >= 0.6 is 24.2 Å². The van der Waals surface area contributed by atoms with E-state index in [1.807, 2.05) is 38.1 Å². The van der Waals surface area contributed by atoms with Crippen LogP contribution in [0.5, 0.6) is 5.75 Å². The van der Waals surface area contributed by atoms with E-state index in [1.54, 1.807) is 33.9 Å². The maximum atomic E-state index is 14.0. The number of hydrogen-bond donors (Lipinski definition) is 3. The molecule has 0 aromatic heterocycles. The van der Waals surface area contributed by atoms with Crippen LogP contribution in [0.25, 0.3) is 0 Å². The smallest absolute Gasteiger partial charge is 0.409 e. The van der Waals surface area contributed by atoms with Crippen LogP contribution in [0.15, 0.2) is 35.9 Å². The minimum Gasteiger partial charge on any atom is -0.495 e. The third-order valence-corrected chi connectivity index (χ3v) is 10.6. The highest BCUT2D eigenvalue weighted by Crippen LogP contribution is 2.49. The molecule has 8 atom stereocenters. The molecule has 3 amide bonds. The van der Waals surface area contributed by atoms with Gasteiger partial charge in [-0.05, 0) is 50.6 Å². The summed E-state index contributed by atoms with van der Waals surface area (Å²) in [6.45, 7) is 8.86. The van der Waals surface area contributed by atoms with Crippen LogP contribution < -0.4 is 15.0 Å². The lowest BCUT2D eigenvalue weighted by molar-refractivity contribution is -0.161. The Morgan fingerprint density at radius 1 is 1.29 bits per heavy atom. The first-order valence-corrected chi connectivity index (χ1v) is 17.4. The monoisotopic (exact) mass is 721 g/mol. The Hall–Kier alpha value is -3.26. The molecule has 12 nitrogen and oxygen atoms in total. The molecule has 0 spiro atoms. The molecule has 2 fully saturated rings. The van der Waals surface area contributed by atoms with Crippen molar-refractivity contribution in [1.29, 1.82) is 0 Å². The number of benzene rings is 1. The molecule has 8 unspecified atom stereocenters. The fraction of sp³-hybridized carbons (Fsp3) is 0.600. The maximum absolute atomic E-state index is 14.0. The summed E-state index contributed by atoms with van der Waals surface area (Å²) in [6.07, 6.45) is 2.73. The standard InChI is InChI=1S/C35H48ClN3O9S/c1-19-10-9-11-20(2)35(44)18-26(46-33(43)37-35)21(3)31-34(5,48-31)27(47-32(42)22(4)38(6)28(40)12-13-49)17-29(41)39(7)24-15-23(14-19)16-25(45-8)30(24)36/h9-11,15-16,20-22,26-27,31,44,49H,12-14,17-18H2,1-8H3,(H,37,43)/b11-9+,19-10+. The average molecular weight is 722 g/mol. The Morgan fingerprint density at radius 3 is 2.63 bits per heavy atom. The molecule has 49 heavy (non-hydrogen) atoms. The van der Waals surface area contributed by atoms with Crippen LogP contribution in [0.1, 0.15) is 59.4 Å². The van der Waals surface area contributed by atoms with E-state index in [0.717, 1.165) is 11.1 Å². The molecule has 4 rings (SSSR count). The van der Waals surface area contributed by atoms with Crippen LogP contribution in [0.4, 0.5) is 10.5 Å². The number of epoxide rings is 1. The summed E-state index contributed by atoms with van der Waals surface area (Å²) < 4.78 is 23.4. The summed E-state index contributed by atoms with van der Waals surface area (Å²) in [6, 6.07) is 2.65. The highest BCUT2D eigenvalue weighted by Gasteiger charge is 2.64. The lowest BCUT2D eigenvalue weighted by atomic mass is 9.82. The highest BCUT2D eigenvalue weighted by molar-refractivity contribution is 7.80. The number of carbonyl (C=O) groups is 4. The second-order valence-corrected chi connectivity index (χ2v) is 14.3. The second-order valence-electron chi connectivity index (χ2n) is 13.5. The van der Waals surface area contributed by atoms with Gasteiger partial charge in [-0.1, -0.05) is 49.2 Å². The van der Waals surface area contributed by atoms with Crippen molar-refractivity contribution in [3.63, 3.8) is 0 Å². The summed E-state index contributed by atoms with van der Waals surface area (Å²) in [5.41, 5.74) is -0.563. The second kappa shape index (κ2) is 15.3. The predicted octanol–water partition coefficient (Wildman–Crippen LogP) is 4.46. The van der Waals surface area contributed by atoms with Crippen molar-refractivity contribution in [2.45, 2.75) is 96.0 Å². The quantitative estimate of drug-likeness (QED) is 0.220. The van der Waals surface area contributed by atoms with Gasteiger partial charge in [0.15, 0.2) is 0 Å². The number of aliphatic hydroxyl groups is 1. The molecule has 1 aromatic carbocycles. The molecule has 4 bridgehead atoms. The molecule has 1 aromatic rings. The van der Waals surface area contributed by atoms with Crippen molar-refractivity contribution in [2.75, 3.05) is 31.9 Å². The van der Waals surface area contributed by atoms with E-state index in [2.05, 4.69) is 17.9 Å². The van der Waals surface area contributed by atoms with Crippen molar-refractivity contribution in [2.24, 2.45) is 11.8 Å². The van der Waals surface area contributed by atoms with E-state index in [-0.39, 0.29) is 30.2 Å². The van der Waals surface area contributed by atoms with Crippen molar-refractivity contribution in [3.8, 4) is 5.75 Å². The van der Waals surface area contributed by atoms with Gasteiger partial charge < -0.3 is 33.9 Å². The topological polar surface area (TPSA) is 147 Å². The fourth-order valence-corrected chi connectivity index (χ4v) is 6.90. The number of thiol groups is 1. The number of esters is 1. The van der Waals surface area contributed by atoms with Crippen molar-refractivity contribution in [1.82, 2.24) is 10.2 Å². The van der Waals surface area contributed by atoms with Gasteiger partial charge in [0.05, 0.1) is 25.3 Å². The zero-order valence-electron chi connectivity index (χ0n) is 29.3. The first-order chi connectivity index (χ1) is 22.9. The summed E-state index contributed by atoms with van der Waals surface area (Å²) in [5, 5.41) is 14.4. The highest BCUT2D eigenvalue weighted by atomic mass is 35.5. The minimum absolute atomic E-state index is 0.0649. The number of alkyl carbamates (subject to hydrolysis) is 1. The van der Waals surface area contributed by atoms with Gasteiger partial charge in [0.25, 0.3) is 0 Å². The molecule has 14 heteroatoms. The Labute approximate surface area is 298 Å². The first kappa shape index (κ1) is 38.5. The summed E-state index contributed by atoms with van der Waals surface area (Å²) in [5.74, 6) is -1.67. The Balaban J connectivity index is 1.76. The van der Waals surface area contributed by atoms with Crippen LogP contribution in [0, 0.1) is 11.8 Å². The third kappa shape index (κ3) is 8.38. The third-order valence-electron chi connectivity index (χ3n) is 9.99. The van der Waals surface area contributed by atoms with Gasteiger partial charge in [0, 0.05) is 38.8 Å². The average Bonchev–Trinajstić information content (AvgIpc) is 3.74. The number of halogens is 1. The van der Waals surface area contributed by atoms with E-state index in [1.165, 1.54) is 24.0 Å². The molecule has 270 valence electrons. The number of nitrogens with zero attached hydrogens (tertiary/aromatic N) is 2. The molecule has 3 aliphatic rings. The lowest BCUT2D eigenvalue weighted by Gasteiger charge is -2.41. The van der Waals surface area contributed by atoms with Crippen molar-refractivity contribution >= 4 is 53.8 Å². The van der Waals surface area contributed by atoms with E-state index < -0.39 is 65.5 Å². The zero-order chi connectivity index (χ0) is 36.4. The maximum Gasteiger partial charge on any atom is 0.409 e. The molecule has 3 aliphatic heterocycles. The van der Waals surface area contributed by atoms with Crippen LogP contribution in [0.2, 0.25) is 5.02 Å². The van der Waals surface area contributed by atoms with Gasteiger partial charge in [0.1, 0.15) is 40.3 Å². The number of rotatable bonds is 6. The molecule has 2 saturated heterocycles. The number of amides is 3. The molecule has 3 heterocycles. The summed E-state index contributed by atoms with van der Waals surface area (Å²) >= 11 is 10.8. The molecular formula is C35H48ClN3O9S. The van der Waals surface area contributed by atoms with Gasteiger partial charge >= 0.3 is 12.1 Å². The predicted molar refractivity (Wildman–Crippen MR) is 188 cm³/mol. The van der Waals surface area contributed by atoms with Gasteiger partial charge in [-0.2, -0.15) is 12.6 Å². The lowest BCUT2D eigenvalue weighted by Crippen LogP contribution is -2.60. The van der Waals surface area contributed by atoms with Gasteiger partial charge in [-0.3, -0.25) is 14.9 Å². The number of ether oxygens (including phenoxy) is 4. The fourth-order valence-electron chi connectivity index (χ4n) is 6.39. The molecule has 0 aliphatic carbocycles. The van der Waals surface area contributed by atoms with Crippen molar-refractivity contribution in [3.05, 3.63) is 46.5 Å². The van der Waals surface area contributed by atoms with E-state index in [9.17, 15) is 24.3 Å². The normalized spacial score (nSPS) is 32.8. The number of hydrogen-bond acceptors (Lipinski definition) is 10. The van der Waals surface area contributed by atoms with Crippen LogP contribution in [-0.4, -0.2) is 96.5 Å². The SMILES string of the molecule is COc1cc2cc(c1Cl)N(C)C(=O)CC(OC(=O)C(C)N(C)C(=O)CCS)C1(C)OC1C(C)C1CC(O)(NC(=O)O1)C(C)/C=C/C=C(\C)C2. The number of likely N-dealkylation sites (N-methyl/N-ethyl adjacent to an activating group) is 1. The number of methoxy groups -OCH3 is 1. The van der Waals surface area contributed by atoms with E-state index in [0.29, 0.717) is 23.6 Å². The molecule has 0 radical (unpaired) electrons. The van der Waals surface area contributed by atoms with Crippen LogP contribution in [0.3, 0.4) is 0 Å². The Kier molecular flexibility index (Phi) is 12.1. The van der Waals surface area contributed by atoms with Gasteiger partial charge in [0.2, 0.25) is 11.8 Å². The van der Waals surface area contributed by atoms with Gasteiger partial charge in [-0.15, -0.1) is 0 Å². The number of allylic oxidation sites excluding steroid dienone is 3. The Bertz CT molecular complexity index is 1520. The van der Waals surface area contributed by atoms with Crippen molar-refractivity contribution < 1.29 is 43.2 Å². The molecule has 2 N–H and O–H groups in total. The number of anilines is 1. The minimum atomic E-state index is -1.61. The molecular weight excluding hydrogens is 674 g/mol. The van der Waals surface area contributed by atoms with E-state index in [4.69, 9.17) is 30.5 Å². The molecule has 0 saturated carbocycles. The number of carbonyl (C=O) groups excluding carboxylic acids is 4. The number of fused-ring (bicyclic) bond motifs is 5. The largest absolute Gasteiger partial charge is 0.495 e. The Morgan fingerprint density at radius 2 is 1.98 bits per heavy atom. The van der Waals surface area contributed by atoms with Gasteiger partial charge in [-0.25, -0.2) is 9.59 Å². The van der Waals surface area contributed by atoms with Crippen LogP contribution in [-0.2, 0) is 35.0 Å².